The van der Waals surface area contributed by atoms with Gasteiger partial charge in [-0.05, 0) is 13.1 Å². The van der Waals surface area contributed by atoms with Gasteiger partial charge in [-0.3, -0.25) is 4.79 Å². The van der Waals surface area contributed by atoms with E-state index in [1.54, 1.807) is 13.4 Å². The Labute approximate surface area is 178 Å². The zero-order valence-corrected chi connectivity index (χ0v) is 17.8. The number of piperazine rings is 2. The molecule has 0 atom stereocenters. The summed E-state index contributed by atoms with van der Waals surface area (Å²) in [5.41, 5.74) is 0.931. The molecule has 160 valence electrons. The topological polar surface area (TPSA) is 65.0 Å². The van der Waals surface area contributed by atoms with Crippen LogP contribution in [0.25, 0.3) is 0 Å². The number of nitrogens with zero attached hydrogens (tertiary/aromatic N) is 6. The molecule has 2 aliphatic heterocycles. The van der Waals surface area contributed by atoms with Gasteiger partial charge in [0, 0.05) is 64.0 Å². The van der Waals surface area contributed by atoms with Crippen LogP contribution >= 0.6 is 0 Å². The number of rotatable bonds is 5. The lowest BCUT2D eigenvalue weighted by Gasteiger charge is -2.36. The molecule has 0 saturated carbocycles. The van der Waals surface area contributed by atoms with Gasteiger partial charge in [-0.1, -0.05) is 18.2 Å². The summed E-state index contributed by atoms with van der Waals surface area (Å²) in [4.78, 5) is 30.6. The second kappa shape index (κ2) is 9.30. The van der Waals surface area contributed by atoms with Crippen molar-refractivity contribution in [2.75, 3.05) is 76.3 Å². The number of aromatic nitrogens is 2. The number of carbonyl (C=O) groups excluding carboxylic acids is 1. The monoisotopic (exact) mass is 410 g/mol. The molecule has 8 heteroatoms. The quantitative estimate of drug-likeness (QED) is 0.732. The summed E-state index contributed by atoms with van der Waals surface area (Å²) in [5, 5.41) is 0. The Kier molecular flexibility index (Phi) is 6.32. The van der Waals surface area contributed by atoms with E-state index in [0.717, 1.165) is 62.2 Å². The van der Waals surface area contributed by atoms with Crippen molar-refractivity contribution in [3.63, 3.8) is 0 Å². The molecule has 2 aliphatic rings. The van der Waals surface area contributed by atoms with Crippen molar-refractivity contribution in [2.24, 2.45) is 0 Å². The van der Waals surface area contributed by atoms with E-state index in [1.807, 2.05) is 29.2 Å². The Bertz CT molecular complexity index is 860. The second-order valence-electron chi connectivity index (χ2n) is 7.88. The van der Waals surface area contributed by atoms with Crippen molar-refractivity contribution in [3.8, 4) is 5.75 Å². The molecule has 2 fully saturated rings. The molecule has 0 bridgehead atoms. The normalized spacial score (nSPS) is 17.9. The summed E-state index contributed by atoms with van der Waals surface area (Å²) in [6.07, 6.45) is 2.02. The highest BCUT2D eigenvalue weighted by molar-refractivity contribution is 5.79. The van der Waals surface area contributed by atoms with Crippen molar-refractivity contribution < 1.29 is 9.53 Å². The van der Waals surface area contributed by atoms with Gasteiger partial charge in [0.1, 0.15) is 23.7 Å². The Morgan fingerprint density at radius 3 is 2.17 bits per heavy atom. The van der Waals surface area contributed by atoms with Gasteiger partial charge >= 0.3 is 0 Å². The van der Waals surface area contributed by atoms with Gasteiger partial charge in [0.2, 0.25) is 5.91 Å². The van der Waals surface area contributed by atoms with Crippen LogP contribution in [-0.4, -0.2) is 92.2 Å². The number of likely N-dealkylation sites (N-methyl/N-ethyl adjacent to an activating group) is 1. The third kappa shape index (κ3) is 4.64. The highest BCUT2D eigenvalue weighted by atomic mass is 16.5. The predicted molar refractivity (Wildman–Crippen MR) is 117 cm³/mol. The number of carbonyl (C=O) groups is 1. The molecule has 2 aromatic rings. The van der Waals surface area contributed by atoms with Gasteiger partial charge in [-0.25, -0.2) is 9.97 Å². The molecule has 8 nitrogen and oxygen atoms in total. The maximum atomic E-state index is 12.8. The molecule has 0 aliphatic carbocycles. The number of amides is 1. The van der Waals surface area contributed by atoms with Crippen molar-refractivity contribution in [1.29, 1.82) is 0 Å². The molecule has 2 saturated heterocycles. The number of methoxy groups -OCH3 is 1. The number of para-hydroxylation sites is 1. The van der Waals surface area contributed by atoms with Gasteiger partial charge in [0.25, 0.3) is 0 Å². The number of anilines is 2. The Morgan fingerprint density at radius 2 is 1.53 bits per heavy atom. The van der Waals surface area contributed by atoms with Crippen molar-refractivity contribution in [3.05, 3.63) is 42.2 Å². The highest BCUT2D eigenvalue weighted by Crippen LogP contribution is 2.22. The Morgan fingerprint density at radius 1 is 0.933 bits per heavy atom. The fourth-order valence-corrected chi connectivity index (χ4v) is 4.03. The minimum absolute atomic E-state index is 0.139. The van der Waals surface area contributed by atoms with E-state index >= 15 is 0 Å². The number of ether oxygens (including phenoxy) is 1. The van der Waals surface area contributed by atoms with E-state index in [9.17, 15) is 4.79 Å². The van der Waals surface area contributed by atoms with Crippen LogP contribution in [0.15, 0.2) is 36.7 Å². The van der Waals surface area contributed by atoms with Crippen molar-refractivity contribution in [1.82, 2.24) is 19.8 Å². The first-order valence-corrected chi connectivity index (χ1v) is 10.5. The molecule has 0 spiro atoms. The first-order valence-electron chi connectivity index (χ1n) is 10.5. The average Bonchev–Trinajstić information content (AvgIpc) is 2.80. The number of hydrogen-bond donors (Lipinski definition) is 0. The summed E-state index contributed by atoms with van der Waals surface area (Å²) in [7, 11) is 3.79. The molecule has 0 radical (unpaired) electrons. The SMILES string of the molecule is COc1ccccc1CC(=O)N1CCN(c2cc(N3CCN(C)CC3)ncn2)CC1. The third-order valence-corrected chi connectivity index (χ3v) is 5.96. The van der Waals surface area contributed by atoms with Crippen LogP contribution in [0.2, 0.25) is 0 Å². The van der Waals surface area contributed by atoms with Crippen LogP contribution in [-0.2, 0) is 11.2 Å². The van der Waals surface area contributed by atoms with Crippen LogP contribution in [0.3, 0.4) is 0 Å². The second-order valence-corrected chi connectivity index (χ2v) is 7.88. The zero-order valence-electron chi connectivity index (χ0n) is 17.8. The standard InChI is InChI=1S/C22H30N6O2/c1-25-7-9-26(10-8-25)20-16-21(24-17-23-20)27-11-13-28(14-12-27)22(29)15-18-5-3-4-6-19(18)30-2/h3-6,16-17H,7-15H2,1-2H3. The van der Waals surface area contributed by atoms with E-state index in [-0.39, 0.29) is 5.91 Å². The first-order chi connectivity index (χ1) is 14.6. The molecule has 4 rings (SSSR count). The maximum Gasteiger partial charge on any atom is 0.227 e. The van der Waals surface area contributed by atoms with Crippen LogP contribution in [0.4, 0.5) is 11.6 Å². The molecule has 3 heterocycles. The van der Waals surface area contributed by atoms with Gasteiger partial charge in [-0.15, -0.1) is 0 Å². The van der Waals surface area contributed by atoms with E-state index in [2.05, 4.69) is 37.8 Å². The first kappa shape index (κ1) is 20.4. The summed E-state index contributed by atoms with van der Waals surface area (Å²) < 4.78 is 5.38. The van der Waals surface area contributed by atoms with Crippen LogP contribution in [0, 0.1) is 0 Å². The fraction of sp³-hybridized carbons (Fsp3) is 0.500. The molecule has 0 N–H and O–H groups in total. The molecule has 1 aromatic heterocycles. The van der Waals surface area contributed by atoms with Gasteiger partial charge < -0.3 is 24.3 Å². The zero-order chi connectivity index (χ0) is 20.9. The van der Waals surface area contributed by atoms with Crippen LogP contribution in [0.1, 0.15) is 5.56 Å². The fourth-order valence-electron chi connectivity index (χ4n) is 4.03. The molecule has 1 aromatic carbocycles. The summed E-state index contributed by atoms with van der Waals surface area (Å²) in [6.45, 7) is 7.01. The van der Waals surface area contributed by atoms with E-state index < -0.39 is 0 Å². The van der Waals surface area contributed by atoms with Crippen LogP contribution in [0.5, 0.6) is 5.75 Å². The molecular weight excluding hydrogens is 380 g/mol. The van der Waals surface area contributed by atoms with Gasteiger partial charge in [-0.2, -0.15) is 0 Å². The third-order valence-electron chi connectivity index (χ3n) is 5.96. The average molecular weight is 411 g/mol. The minimum atomic E-state index is 0.139. The lowest BCUT2D eigenvalue weighted by atomic mass is 10.1. The molecule has 0 unspecified atom stereocenters. The molecule has 1 amide bonds. The Balaban J connectivity index is 1.34. The molecule has 30 heavy (non-hydrogen) atoms. The van der Waals surface area contributed by atoms with Crippen molar-refractivity contribution >= 4 is 17.5 Å². The molecular formula is C22H30N6O2. The Hall–Kier alpha value is -2.87. The van der Waals surface area contributed by atoms with Gasteiger partial charge in [0.15, 0.2) is 0 Å². The van der Waals surface area contributed by atoms with Gasteiger partial charge in [0.05, 0.1) is 13.5 Å². The van der Waals surface area contributed by atoms with E-state index in [4.69, 9.17) is 4.74 Å². The largest absolute Gasteiger partial charge is 0.496 e. The summed E-state index contributed by atoms with van der Waals surface area (Å²) in [6, 6.07) is 9.79. The predicted octanol–water partition coefficient (Wildman–Crippen LogP) is 1.13. The van der Waals surface area contributed by atoms with E-state index in [0.29, 0.717) is 19.5 Å². The lowest BCUT2D eigenvalue weighted by molar-refractivity contribution is -0.130. The van der Waals surface area contributed by atoms with Crippen LogP contribution < -0.4 is 14.5 Å². The summed E-state index contributed by atoms with van der Waals surface area (Å²) in [5.74, 6) is 2.83. The minimum Gasteiger partial charge on any atom is -0.496 e. The van der Waals surface area contributed by atoms with Crippen molar-refractivity contribution in [2.45, 2.75) is 6.42 Å². The summed E-state index contributed by atoms with van der Waals surface area (Å²) >= 11 is 0. The number of hydrogen-bond acceptors (Lipinski definition) is 7. The highest BCUT2D eigenvalue weighted by Gasteiger charge is 2.24. The smallest absolute Gasteiger partial charge is 0.227 e. The maximum absolute atomic E-state index is 12.8. The lowest BCUT2D eigenvalue weighted by Crippen LogP contribution is -2.49. The number of benzene rings is 1. The van der Waals surface area contributed by atoms with E-state index in [1.165, 1.54) is 0 Å².